The molecule has 0 unspecified atom stereocenters. The Morgan fingerprint density at radius 3 is 2.11 bits per heavy atom. The third-order valence-corrected chi connectivity index (χ3v) is 4.83. The van der Waals surface area contributed by atoms with Gasteiger partial charge in [0.05, 0.1) is 0 Å². The quantitative estimate of drug-likeness (QED) is 0.526. The number of hydrogen-bond donors (Lipinski definition) is 0. The molecule has 0 heteroatoms. The highest BCUT2D eigenvalue weighted by atomic mass is 14.3. The van der Waals surface area contributed by atoms with E-state index in [2.05, 4.69) is 37.3 Å². The molecular formula is C19H30. The summed E-state index contributed by atoms with van der Waals surface area (Å²) in [6, 6.07) is 10.9. The van der Waals surface area contributed by atoms with Gasteiger partial charge in [0.1, 0.15) is 0 Å². The van der Waals surface area contributed by atoms with E-state index in [0.29, 0.717) is 0 Å². The number of hydrogen-bond acceptors (Lipinski definition) is 0. The molecule has 0 spiro atoms. The van der Waals surface area contributed by atoms with E-state index < -0.39 is 0 Å². The first kappa shape index (κ1) is 14.6. The summed E-state index contributed by atoms with van der Waals surface area (Å²) in [6.45, 7) is 2.33. The first-order valence-electron chi connectivity index (χ1n) is 8.42. The molecule has 0 radical (unpaired) electrons. The number of benzene rings is 1. The minimum absolute atomic E-state index is 1.05. The highest BCUT2D eigenvalue weighted by Gasteiger charge is 2.19. The van der Waals surface area contributed by atoms with Crippen LogP contribution in [-0.4, -0.2) is 0 Å². The molecule has 1 aliphatic carbocycles. The Hall–Kier alpha value is -0.780. The summed E-state index contributed by atoms with van der Waals surface area (Å²) >= 11 is 0. The molecule has 0 bridgehead atoms. The zero-order chi connectivity index (χ0) is 13.3. The molecule has 19 heavy (non-hydrogen) atoms. The topological polar surface area (TPSA) is 0 Å². The first-order valence-corrected chi connectivity index (χ1v) is 8.42. The van der Waals surface area contributed by atoms with Gasteiger partial charge in [-0.25, -0.2) is 0 Å². The maximum atomic E-state index is 2.33. The van der Waals surface area contributed by atoms with E-state index in [1.807, 2.05) is 0 Å². The van der Waals surface area contributed by atoms with E-state index in [-0.39, 0.29) is 0 Å². The number of aryl methyl sites for hydroxylation is 1. The summed E-state index contributed by atoms with van der Waals surface area (Å²) in [6.07, 6.45) is 14.4. The van der Waals surface area contributed by atoms with E-state index in [0.717, 1.165) is 11.8 Å². The van der Waals surface area contributed by atoms with Crippen molar-refractivity contribution in [2.24, 2.45) is 11.8 Å². The summed E-state index contributed by atoms with van der Waals surface area (Å²) < 4.78 is 0. The molecule has 1 aromatic rings. The van der Waals surface area contributed by atoms with Crippen LogP contribution in [0, 0.1) is 11.8 Å². The van der Waals surface area contributed by atoms with Crippen molar-refractivity contribution < 1.29 is 0 Å². The molecule has 1 saturated carbocycles. The highest BCUT2D eigenvalue weighted by Crippen LogP contribution is 2.34. The summed E-state index contributed by atoms with van der Waals surface area (Å²) in [5.41, 5.74) is 1.51. The van der Waals surface area contributed by atoms with Crippen LogP contribution in [0.1, 0.15) is 70.3 Å². The molecule has 1 fully saturated rings. The van der Waals surface area contributed by atoms with Crippen LogP contribution in [0.4, 0.5) is 0 Å². The fourth-order valence-electron chi connectivity index (χ4n) is 3.62. The number of unbranched alkanes of at least 4 members (excludes halogenated alkanes) is 1. The third kappa shape index (κ3) is 5.38. The maximum absolute atomic E-state index is 2.33. The minimum atomic E-state index is 1.05. The van der Waals surface area contributed by atoms with Gasteiger partial charge in [0.25, 0.3) is 0 Å². The normalized spacial score (nSPS) is 23.4. The van der Waals surface area contributed by atoms with E-state index in [1.165, 1.54) is 69.8 Å². The number of rotatable bonds is 7. The molecule has 106 valence electrons. The molecule has 0 saturated heterocycles. The Labute approximate surface area is 119 Å². The molecule has 0 atom stereocenters. The molecule has 0 N–H and O–H groups in total. The van der Waals surface area contributed by atoms with Crippen molar-refractivity contribution in [2.75, 3.05) is 0 Å². The Kier molecular flexibility index (Phi) is 6.47. The fourth-order valence-corrected chi connectivity index (χ4v) is 3.62. The molecule has 2 rings (SSSR count). The van der Waals surface area contributed by atoms with Crippen molar-refractivity contribution in [3.63, 3.8) is 0 Å². The average molecular weight is 258 g/mol. The van der Waals surface area contributed by atoms with Crippen LogP contribution >= 0.6 is 0 Å². The van der Waals surface area contributed by atoms with Crippen LogP contribution in [0.15, 0.2) is 30.3 Å². The summed E-state index contributed by atoms with van der Waals surface area (Å²) in [5.74, 6) is 2.11. The van der Waals surface area contributed by atoms with Gasteiger partial charge >= 0.3 is 0 Å². The zero-order valence-corrected chi connectivity index (χ0v) is 12.6. The van der Waals surface area contributed by atoms with Crippen LogP contribution < -0.4 is 0 Å². The van der Waals surface area contributed by atoms with Gasteiger partial charge < -0.3 is 0 Å². The van der Waals surface area contributed by atoms with Crippen LogP contribution in [0.5, 0.6) is 0 Å². The zero-order valence-electron chi connectivity index (χ0n) is 12.6. The summed E-state index contributed by atoms with van der Waals surface area (Å²) in [5, 5.41) is 0. The Morgan fingerprint density at radius 1 is 0.842 bits per heavy atom. The van der Waals surface area contributed by atoms with Gasteiger partial charge in [-0.1, -0.05) is 88.6 Å². The lowest BCUT2D eigenvalue weighted by Gasteiger charge is -2.28. The SMILES string of the molecule is CCCC1CCC(CCCCc2ccccc2)CC1. The molecule has 1 aromatic carbocycles. The summed E-state index contributed by atoms with van der Waals surface area (Å²) in [7, 11) is 0. The highest BCUT2D eigenvalue weighted by molar-refractivity contribution is 5.14. The van der Waals surface area contributed by atoms with Crippen molar-refractivity contribution in [1.82, 2.24) is 0 Å². The van der Waals surface area contributed by atoms with Crippen LogP contribution in [0.3, 0.4) is 0 Å². The first-order chi connectivity index (χ1) is 9.38. The van der Waals surface area contributed by atoms with Gasteiger partial charge in [-0.15, -0.1) is 0 Å². The van der Waals surface area contributed by atoms with Crippen LogP contribution in [0.25, 0.3) is 0 Å². The molecule has 0 amide bonds. The second kappa shape index (κ2) is 8.40. The molecule has 0 nitrogen and oxygen atoms in total. The van der Waals surface area contributed by atoms with Gasteiger partial charge in [-0.3, -0.25) is 0 Å². The second-order valence-electron chi connectivity index (χ2n) is 6.41. The lowest BCUT2D eigenvalue weighted by Crippen LogP contribution is -2.14. The smallest absolute Gasteiger partial charge is 0.0279 e. The monoisotopic (exact) mass is 258 g/mol. The lowest BCUT2D eigenvalue weighted by atomic mass is 9.78. The molecule has 0 aromatic heterocycles. The standard InChI is InChI=1S/C19H30/c1-2-8-17-13-15-19(16-14-17)12-7-6-11-18-9-4-3-5-10-18/h3-5,9-10,17,19H,2,6-8,11-16H2,1H3. The van der Waals surface area contributed by atoms with E-state index in [4.69, 9.17) is 0 Å². The van der Waals surface area contributed by atoms with Crippen LogP contribution in [-0.2, 0) is 6.42 Å². The van der Waals surface area contributed by atoms with Gasteiger partial charge in [0.2, 0.25) is 0 Å². The van der Waals surface area contributed by atoms with Crippen molar-refractivity contribution in [2.45, 2.75) is 71.1 Å². The Balaban J connectivity index is 1.55. The predicted molar refractivity (Wildman–Crippen MR) is 84.4 cm³/mol. The van der Waals surface area contributed by atoms with Crippen molar-refractivity contribution in [1.29, 1.82) is 0 Å². The van der Waals surface area contributed by atoms with Gasteiger partial charge in [0, 0.05) is 0 Å². The molecule has 0 heterocycles. The van der Waals surface area contributed by atoms with Crippen molar-refractivity contribution in [3.8, 4) is 0 Å². The fraction of sp³-hybridized carbons (Fsp3) is 0.684. The van der Waals surface area contributed by atoms with Gasteiger partial charge in [-0.05, 0) is 30.2 Å². The van der Waals surface area contributed by atoms with Crippen molar-refractivity contribution >= 4 is 0 Å². The second-order valence-corrected chi connectivity index (χ2v) is 6.41. The van der Waals surface area contributed by atoms with Crippen LogP contribution in [0.2, 0.25) is 0 Å². The third-order valence-electron chi connectivity index (χ3n) is 4.83. The predicted octanol–water partition coefficient (Wildman–Crippen LogP) is 6.01. The molecule has 1 aliphatic rings. The van der Waals surface area contributed by atoms with Gasteiger partial charge in [-0.2, -0.15) is 0 Å². The lowest BCUT2D eigenvalue weighted by molar-refractivity contribution is 0.248. The largest absolute Gasteiger partial charge is 0.0654 e. The average Bonchev–Trinajstić information content (AvgIpc) is 2.47. The molecular weight excluding hydrogens is 228 g/mol. The summed E-state index contributed by atoms with van der Waals surface area (Å²) in [4.78, 5) is 0. The Bertz CT molecular complexity index is 319. The van der Waals surface area contributed by atoms with Crippen molar-refractivity contribution in [3.05, 3.63) is 35.9 Å². The van der Waals surface area contributed by atoms with E-state index >= 15 is 0 Å². The maximum Gasteiger partial charge on any atom is -0.0279 e. The van der Waals surface area contributed by atoms with E-state index in [1.54, 1.807) is 0 Å². The van der Waals surface area contributed by atoms with Gasteiger partial charge in [0.15, 0.2) is 0 Å². The van der Waals surface area contributed by atoms with E-state index in [9.17, 15) is 0 Å². The minimum Gasteiger partial charge on any atom is -0.0654 e. The Morgan fingerprint density at radius 2 is 1.47 bits per heavy atom. The molecule has 0 aliphatic heterocycles.